The molecule has 2 aromatic carbocycles. The number of fused-ring (bicyclic) bond motifs is 1. The number of anilines is 1. The van der Waals surface area contributed by atoms with Crippen LogP contribution < -0.4 is 10.2 Å². The minimum atomic E-state index is -0.112. The van der Waals surface area contributed by atoms with Crippen LogP contribution in [0.3, 0.4) is 0 Å². The fourth-order valence-corrected chi connectivity index (χ4v) is 5.04. The smallest absolute Gasteiger partial charge is 0.289 e. The highest BCUT2D eigenvalue weighted by Gasteiger charge is 2.29. The van der Waals surface area contributed by atoms with Gasteiger partial charge in [0.1, 0.15) is 0 Å². The van der Waals surface area contributed by atoms with Crippen LogP contribution >= 0.6 is 0 Å². The van der Waals surface area contributed by atoms with Gasteiger partial charge < -0.3 is 24.5 Å². The van der Waals surface area contributed by atoms with Crippen LogP contribution in [-0.4, -0.2) is 55.4 Å². The maximum Gasteiger partial charge on any atom is 0.289 e. The van der Waals surface area contributed by atoms with Crippen molar-refractivity contribution in [2.75, 3.05) is 38.6 Å². The van der Waals surface area contributed by atoms with E-state index in [1.54, 1.807) is 17.0 Å². The molecule has 1 fully saturated rings. The molecule has 2 amide bonds. The first kappa shape index (κ1) is 23.7. The minimum Gasteiger partial charge on any atom is -0.459 e. The summed E-state index contributed by atoms with van der Waals surface area (Å²) in [4.78, 5) is 32.9. The number of piperidine rings is 1. The zero-order chi connectivity index (χ0) is 25.1. The van der Waals surface area contributed by atoms with Crippen molar-refractivity contribution < 1.29 is 14.0 Å². The Morgan fingerprint density at radius 1 is 1.06 bits per heavy atom. The van der Waals surface area contributed by atoms with Gasteiger partial charge in [0.05, 0.1) is 6.26 Å². The van der Waals surface area contributed by atoms with Crippen molar-refractivity contribution in [2.24, 2.45) is 5.92 Å². The Morgan fingerprint density at radius 3 is 2.50 bits per heavy atom. The standard InChI is InChI=1S/C29H32N4O3/c1-32(2)22-11-9-20(10-12-22)24(25-19-30-26-7-4-3-6-23(25)26)18-31-28(34)21-13-15-33(16-14-21)29(35)27-8-5-17-36-27/h3-12,17,19,21,24,30H,13-16,18H2,1-2H3,(H,31,34)/t24-/m1/s1. The molecule has 0 unspecified atom stereocenters. The maximum atomic E-state index is 13.2. The second-order valence-corrected chi connectivity index (χ2v) is 9.62. The maximum absolute atomic E-state index is 13.2. The number of carbonyl (C=O) groups excluding carboxylic acids is 2. The third kappa shape index (κ3) is 4.87. The average molecular weight is 485 g/mol. The fourth-order valence-electron chi connectivity index (χ4n) is 5.04. The van der Waals surface area contributed by atoms with E-state index in [0.29, 0.717) is 38.2 Å². The molecule has 5 rings (SSSR count). The van der Waals surface area contributed by atoms with Crippen molar-refractivity contribution >= 4 is 28.4 Å². The second kappa shape index (κ2) is 10.3. The van der Waals surface area contributed by atoms with Gasteiger partial charge in [0.25, 0.3) is 5.91 Å². The molecular formula is C29H32N4O3. The van der Waals surface area contributed by atoms with E-state index in [1.165, 1.54) is 11.8 Å². The van der Waals surface area contributed by atoms with E-state index < -0.39 is 0 Å². The molecule has 0 radical (unpaired) electrons. The zero-order valence-electron chi connectivity index (χ0n) is 20.7. The van der Waals surface area contributed by atoms with Crippen molar-refractivity contribution in [2.45, 2.75) is 18.8 Å². The second-order valence-electron chi connectivity index (χ2n) is 9.62. The predicted molar refractivity (Wildman–Crippen MR) is 141 cm³/mol. The lowest BCUT2D eigenvalue weighted by Gasteiger charge is -2.31. The van der Waals surface area contributed by atoms with E-state index in [4.69, 9.17) is 4.42 Å². The number of H-pyrrole nitrogens is 1. The van der Waals surface area contributed by atoms with Crippen LogP contribution in [0.5, 0.6) is 0 Å². The van der Waals surface area contributed by atoms with Gasteiger partial charge in [-0.1, -0.05) is 30.3 Å². The van der Waals surface area contributed by atoms with Crippen LogP contribution in [0.15, 0.2) is 77.5 Å². The van der Waals surface area contributed by atoms with Gasteiger partial charge in [0.15, 0.2) is 5.76 Å². The van der Waals surface area contributed by atoms with Gasteiger partial charge in [-0.2, -0.15) is 0 Å². The first-order chi connectivity index (χ1) is 17.5. The molecule has 1 aliphatic heterocycles. The molecule has 186 valence electrons. The Hall–Kier alpha value is -4.00. The summed E-state index contributed by atoms with van der Waals surface area (Å²) in [6.07, 6.45) is 4.85. The SMILES string of the molecule is CN(C)c1ccc([C@@H](CNC(=O)C2CCN(C(=O)c3ccco3)CC2)c2c[nH]c3ccccc23)cc1. The molecule has 0 spiro atoms. The number of hydrogen-bond donors (Lipinski definition) is 2. The zero-order valence-corrected chi connectivity index (χ0v) is 20.7. The summed E-state index contributed by atoms with van der Waals surface area (Å²) in [6, 6.07) is 20.2. The molecule has 7 heteroatoms. The number of hydrogen-bond acceptors (Lipinski definition) is 4. The number of rotatable bonds is 7. The lowest BCUT2D eigenvalue weighted by Crippen LogP contribution is -2.43. The summed E-state index contributed by atoms with van der Waals surface area (Å²) in [6.45, 7) is 1.61. The van der Waals surface area contributed by atoms with Crippen molar-refractivity contribution in [1.82, 2.24) is 15.2 Å². The quantitative estimate of drug-likeness (QED) is 0.401. The van der Waals surface area contributed by atoms with Crippen LogP contribution in [-0.2, 0) is 4.79 Å². The normalized spacial score (nSPS) is 15.1. The number of amides is 2. The third-order valence-corrected chi connectivity index (χ3v) is 7.17. The first-order valence-electron chi connectivity index (χ1n) is 12.4. The largest absolute Gasteiger partial charge is 0.459 e. The van der Waals surface area contributed by atoms with Gasteiger partial charge in [-0.25, -0.2) is 0 Å². The topological polar surface area (TPSA) is 81.6 Å². The number of benzene rings is 2. The number of para-hydroxylation sites is 1. The van der Waals surface area contributed by atoms with Crippen molar-refractivity contribution in [3.8, 4) is 0 Å². The lowest BCUT2D eigenvalue weighted by molar-refractivity contribution is -0.126. The molecule has 0 saturated carbocycles. The number of aromatic nitrogens is 1. The molecular weight excluding hydrogens is 452 g/mol. The summed E-state index contributed by atoms with van der Waals surface area (Å²) in [7, 11) is 4.06. The third-order valence-electron chi connectivity index (χ3n) is 7.17. The van der Waals surface area contributed by atoms with E-state index in [-0.39, 0.29) is 23.7 Å². The van der Waals surface area contributed by atoms with Crippen LogP contribution in [0.25, 0.3) is 10.9 Å². The Labute approximate surface area is 211 Å². The average Bonchev–Trinajstić information content (AvgIpc) is 3.60. The van der Waals surface area contributed by atoms with Gasteiger partial charge in [0, 0.05) is 68.4 Å². The van der Waals surface area contributed by atoms with Crippen molar-refractivity contribution in [1.29, 1.82) is 0 Å². The Bertz CT molecular complexity index is 1320. The van der Waals surface area contributed by atoms with E-state index >= 15 is 0 Å². The molecule has 0 bridgehead atoms. The monoisotopic (exact) mass is 484 g/mol. The van der Waals surface area contributed by atoms with Gasteiger partial charge in [-0.05, 0) is 54.3 Å². The molecule has 7 nitrogen and oxygen atoms in total. The van der Waals surface area contributed by atoms with Crippen LogP contribution in [0.2, 0.25) is 0 Å². The van der Waals surface area contributed by atoms with Crippen LogP contribution in [0.1, 0.15) is 40.4 Å². The highest BCUT2D eigenvalue weighted by molar-refractivity contribution is 5.91. The van der Waals surface area contributed by atoms with Gasteiger partial charge in [-0.3, -0.25) is 9.59 Å². The number of nitrogens with zero attached hydrogens (tertiary/aromatic N) is 2. The predicted octanol–water partition coefficient (Wildman–Crippen LogP) is 4.63. The van der Waals surface area contributed by atoms with Crippen LogP contribution in [0.4, 0.5) is 5.69 Å². The molecule has 36 heavy (non-hydrogen) atoms. The molecule has 1 atom stereocenters. The summed E-state index contributed by atoms with van der Waals surface area (Å²) in [5.41, 5.74) is 4.55. The lowest BCUT2D eigenvalue weighted by atomic mass is 9.90. The number of furan rings is 1. The Morgan fingerprint density at radius 2 is 1.81 bits per heavy atom. The first-order valence-corrected chi connectivity index (χ1v) is 12.4. The number of aromatic amines is 1. The molecule has 1 saturated heterocycles. The highest BCUT2D eigenvalue weighted by Crippen LogP contribution is 2.32. The van der Waals surface area contributed by atoms with E-state index in [1.807, 2.05) is 26.2 Å². The van der Waals surface area contributed by atoms with Gasteiger partial charge in [0.2, 0.25) is 5.91 Å². The molecule has 3 heterocycles. The van der Waals surface area contributed by atoms with E-state index in [9.17, 15) is 9.59 Å². The van der Waals surface area contributed by atoms with Gasteiger partial charge >= 0.3 is 0 Å². The fraction of sp³-hybridized carbons (Fsp3) is 0.310. The summed E-state index contributed by atoms with van der Waals surface area (Å²) in [5.74, 6) is 0.196. The molecule has 4 aromatic rings. The molecule has 2 N–H and O–H groups in total. The molecule has 2 aromatic heterocycles. The van der Waals surface area contributed by atoms with Crippen LogP contribution in [0, 0.1) is 5.92 Å². The number of carbonyl (C=O) groups is 2. The van der Waals surface area contributed by atoms with E-state index in [2.05, 4.69) is 57.8 Å². The minimum absolute atomic E-state index is 0.0157. The summed E-state index contributed by atoms with van der Waals surface area (Å²) in [5, 5.41) is 4.39. The van der Waals surface area contributed by atoms with Crippen molar-refractivity contribution in [3.05, 3.63) is 90.0 Å². The Balaban J connectivity index is 1.28. The van der Waals surface area contributed by atoms with Gasteiger partial charge in [-0.15, -0.1) is 0 Å². The number of nitrogens with one attached hydrogen (secondary N) is 2. The summed E-state index contributed by atoms with van der Waals surface area (Å²) >= 11 is 0. The van der Waals surface area contributed by atoms with Crippen molar-refractivity contribution in [3.63, 3.8) is 0 Å². The molecule has 1 aliphatic rings. The summed E-state index contributed by atoms with van der Waals surface area (Å²) < 4.78 is 5.24. The van der Waals surface area contributed by atoms with E-state index in [0.717, 1.165) is 22.2 Å². The molecule has 0 aliphatic carbocycles. The Kier molecular flexibility index (Phi) is 6.80. The highest BCUT2D eigenvalue weighted by atomic mass is 16.3. The number of likely N-dealkylation sites (tertiary alicyclic amines) is 1.